The van der Waals surface area contributed by atoms with E-state index in [2.05, 4.69) is 15.3 Å². The Hall–Kier alpha value is -2.89. The number of H-pyrrole nitrogens is 1. The molecule has 4 heterocycles. The predicted molar refractivity (Wildman–Crippen MR) is 97.6 cm³/mol. The minimum absolute atomic E-state index is 0.0245. The summed E-state index contributed by atoms with van der Waals surface area (Å²) in [5.41, 5.74) is 0.738. The van der Waals surface area contributed by atoms with Crippen LogP contribution in [0.2, 0.25) is 0 Å². The van der Waals surface area contributed by atoms with Crippen molar-refractivity contribution in [3.05, 3.63) is 42.0 Å². The number of hydrogen-bond donors (Lipinski definition) is 5. The summed E-state index contributed by atoms with van der Waals surface area (Å²) in [7, 11) is -4.31. The number of nitrogens with one attached hydrogen (secondary N) is 2. The number of rotatable bonds is 0. The Kier molecular flexibility index (Phi) is 4.34. The fraction of sp³-hybridized carbons (Fsp3) is 0.294. The molecule has 5 atom stereocenters. The molecular formula is C17H16N3O9P. The van der Waals surface area contributed by atoms with Gasteiger partial charge in [-0.15, -0.1) is 0 Å². The second-order valence-electron chi connectivity index (χ2n) is 6.81. The lowest BCUT2D eigenvalue weighted by Gasteiger charge is -2.38. The second kappa shape index (κ2) is 6.83. The molecule has 4 aliphatic rings. The van der Waals surface area contributed by atoms with Gasteiger partial charge in [0, 0.05) is 18.0 Å². The molecule has 5 N–H and O–H groups in total. The topological polar surface area (TPSA) is 172 Å². The first-order chi connectivity index (χ1) is 14.4. The van der Waals surface area contributed by atoms with Crippen LogP contribution in [0.1, 0.15) is 15.9 Å². The number of ether oxygens (including phenoxy) is 2. The van der Waals surface area contributed by atoms with Gasteiger partial charge in [-0.1, -0.05) is 0 Å². The molecule has 0 radical (unpaired) electrons. The van der Waals surface area contributed by atoms with E-state index in [4.69, 9.17) is 18.5 Å². The Bertz CT molecular complexity index is 1070. The molecule has 1 unspecified atom stereocenters. The van der Waals surface area contributed by atoms with Crippen molar-refractivity contribution in [3.8, 4) is 17.2 Å². The van der Waals surface area contributed by atoms with Crippen molar-refractivity contribution in [2.75, 3.05) is 6.79 Å². The fourth-order valence-corrected chi connectivity index (χ4v) is 5.00. The van der Waals surface area contributed by atoms with Gasteiger partial charge in [0.15, 0.2) is 11.5 Å². The average molecular weight is 437 g/mol. The summed E-state index contributed by atoms with van der Waals surface area (Å²) in [4.78, 5) is 28.5. The number of carbonyl (C=O) groups is 1. The maximum atomic E-state index is 12.5. The highest BCUT2D eigenvalue weighted by Gasteiger charge is 2.55. The maximum Gasteiger partial charge on any atom is 0.473 e. The highest BCUT2D eigenvalue weighted by Crippen LogP contribution is 2.57. The summed E-state index contributed by atoms with van der Waals surface area (Å²) >= 11 is 0. The fourth-order valence-electron chi connectivity index (χ4n) is 3.85. The average Bonchev–Trinajstić information content (AvgIpc) is 3.43. The van der Waals surface area contributed by atoms with Gasteiger partial charge in [-0.25, -0.2) is 9.55 Å². The summed E-state index contributed by atoms with van der Waals surface area (Å²) in [6.45, 7) is -0.0894. The van der Waals surface area contributed by atoms with E-state index >= 15 is 0 Å². The van der Waals surface area contributed by atoms with Crippen molar-refractivity contribution in [1.82, 2.24) is 15.3 Å². The van der Waals surface area contributed by atoms with Crippen LogP contribution in [0.3, 0.4) is 0 Å². The number of aromatic nitrogens is 2. The number of amides is 1. The van der Waals surface area contributed by atoms with Crippen LogP contribution >= 0.6 is 7.82 Å². The minimum Gasteiger partial charge on any atom is -0.504 e. The number of aliphatic hydroxyl groups excluding tert-OH is 1. The van der Waals surface area contributed by atoms with Crippen LogP contribution in [0.25, 0.3) is 5.57 Å². The largest absolute Gasteiger partial charge is 0.504 e. The third-order valence-corrected chi connectivity index (χ3v) is 6.07. The standard InChI is InChI=1S/C14H12NO9P.C3H4N2/c16-6-1-5-4-2-7-12(22-3-21-7)10(17)8(4)14(18)15-9(5)13-11(6)23-25(19,20)24-13;1-2-5-3-4-1/h1-2,6,9,11,13,16-17H,3H2,(H,15,18)(H,19,20);1-3H,(H,4,5)/t6-,9+,11+,13-;/m0./s1. The number of benzene rings is 1. The number of imidazole rings is 1. The molecule has 1 aromatic carbocycles. The zero-order valence-electron chi connectivity index (χ0n) is 15.1. The first kappa shape index (κ1) is 19.1. The SMILES string of the molecule is O=C1N[C@@H]2C(=C[C@H](O)[C@H]3OP(=O)(O)O[C@H]32)c2cc3c(c(O)c21)OCO3.c1c[nH]cn1. The number of aromatic amines is 1. The monoisotopic (exact) mass is 437 g/mol. The van der Waals surface area contributed by atoms with E-state index in [1.807, 2.05) is 0 Å². The molecule has 0 saturated carbocycles. The second-order valence-corrected chi connectivity index (χ2v) is 8.17. The lowest BCUT2D eigenvalue weighted by Crippen LogP contribution is -2.55. The number of phosphoric acid groups is 1. The molecule has 1 aliphatic carbocycles. The summed E-state index contributed by atoms with van der Waals surface area (Å²) in [5.74, 6) is -0.637. The Morgan fingerprint density at radius 1 is 1.23 bits per heavy atom. The van der Waals surface area contributed by atoms with Crippen molar-refractivity contribution in [1.29, 1.82) is 0 Å². The summed E-state index contributed by atoms with van der Waals surface area (Å²) in [5, 5.41) is 23.2. The predicted octanol–water partition coefficient (Wildman–Crippen LogP) is 0.285. The van der Waals surface area contributed by atoms with Crippen LogP contribution in [0, 0.1) is 0 Å². The van der Waals surface area contributed by atoms with Crippen LogP contribution in [-0.2, 0) is 13.6 Å². The highest BCUT2D eigenvalue weighted by molar-refractivity contribution is 7.47. The van der Waals surface area contributed by atoms with E-state index in [9.17, 15) is 24.5 Å². The molecule has 2 aromatic rings. The number of phenols is 1. The highest BCUT2D eigenvalue weighted by atomic mass is 31.2. The molecule has 158 valence electrons. The minimum atomic E-state index is -4.31. The quantitative estimate of drug-likeness (QED) is 0.361. The lowest BCUT2D eigenvalue weighted by atomic mass is 9.79. The van der Waals surface area contributed by atoms with E-state index in [1.165, 1.54) is 12.1 Å². The van der Waals surface area contributed by atoms with Crippen molar-refractivity contribution in [2.24, 2.45) is 0 Å². The first-order valence-corrected chi connectivity index (χ1v) is 10.3. The number of phosphoric ester groups is 1. The van der Waals surface area contributed by atoms with Crippen LogP contribution in [0.5, 0.6) is 17.2 Å². The molecule has 3 aliphatic heterocycles. The van der Waals surface area contributed by atoms with Crippen molar-refractivity contribution >= 4 is 19.3 Å². The zero-order chi connectivity index (χ0) is 21.0. The third-order valence-electron chi connectivity index (χ3n) is 5.05. The van der Waals surface area contributed by atoms with Crippen LogP contribution in [0.15, 0.2) is 30.9 Å². The Labute approximate surface area is 168 Å². The summed E-state index contributed by atoms with van der Waals surface area (Å²) in [6.07, 6.45) is 3.12. The molecule has 0 spiro atoms. The van der Waals surface area contributed by atoms with Gasteiger partial charge >= 0.3 is 7.82 Å². The van der Waals surface area contributed by atoms with E-state index in [-0.39, 0.29) is 29.6 Å². The number of aliphatic hydroxyl groups is 1. The van der Waals surface area contributed by atoms with Gasteiger partial charge in [-0.3, -0.25) is 13.8 Å². The molecule has 30 heavy (non-hydrogen) atoms. The molecule has 1 amide bonds. The summed E-state index contributed by atoms with van der Waals surface area (Å²) in [6, 6.07) is 0.701. The van der Waals surface area contributed by atoms with Gasteiger partial charge in [0.1, 0.15) is 18.3 Å². The molecule has 13 heteroatoms. The normalized spacial score (nSPS) is 32.7. The van der Waals surface area contributed by atoms with Gasteiger partial charge in [-0.05, 0) is 17.7 Å². The van der Waals surface area contributed by atoms with Gasteiger partial charge in [-0.2, -0.15) is 0 Å². The molecule has 1 saturated heterocycles. The van der Waals surface area contributed by atoms with Crippen LogP contribution < -0.4 is 14.8 Å². The Balaban J connectivity index is 0.000000340. The molecule has 1 aromatic heterocycles. The number of aromatic hydroxyl groups is 1. The van der Waals surface area contributed by atoms with Crippen LogP contribution in [-0.4, -0.2) is 62.1 Å². The molecular weight excluding hydrogens is 421 g/mol. The Morgan fingerprint density at radius 2 is 2.03 bits per heavy atom. The first-order valence-electron chi connectivity index (χ1n) is 8.84. The van der Waals surface area contributed by atoms with Gasteiger partial charge in [0.25, 0.3) is 5.91 Å². The maximum absolute atomic E-state index is 12.5. The van der Waals surface area contributed by atoms with Crippen molar-refractivity contribution < 1.29 is 43.0 Å². The van der Waals surface area contributed by atoms with E-state index in [0.717, 1.165) is 0 Å². The van der Waals surface area contributed by atoms with Crippen molar-refractivity contribution in [3.63, 3.8) is 0 Å². The van der Waals surface area contributed by atoms with Gasteiger partial charge < -0.3 is 34.9 Å². The summed E-state index contributed by atoms with van der Waals surface area (Å²) < 4.78 is 32.1. The van der Waals surface area contributed by atoms with Crippen molar-refractivity contribution in [2.45, 2.75) is 24.4 Å². The van der Waals surface area contributed by atoms with E-state index in [0.29, 0.717) is 11.1 Å². The molecule has 1 fully saturated rings. The van der Waals surface area contributed by atoms with Crippen LogP contribution in [0.4, 0.5) is 0 Å². The number of phenolic OH excluding ortho intramolecular Hbond substituents is 1. The third kappa shape index (κ3) is 2.97. The molecule has 6 rings (SSSR count). The van der Waals surface area contributed by atoms with E-state index in [1.54, 1.807) is 18.7 Å². The Morgan fingerprint density at radius 3 is 2.73 bits per heavy atom. The molecule has 0 bridgehead atoms. The number of nitrogens with zero attached hydrogens (tertiary/aromatic N) is 1. The van der Waals surface area contributed by atoms with E-state index < -0.39 is 38.1 Å². The smallest absolute Gasteiger partial charge is 0.473 e. The number of carbonyl (C=O) groups excluding carboxylic acids is 1. The van der Waals surface area contributed by atoms with Gasteiger partial charge in [0.05, 0.1) is 17.9 Å². The van der Waals surface area contributed by atoms with Gasteiger partial charge in [0.2, 0.25) is 12.5 Å². The number of fused-ring (bicyclic) bond motifs is 6. The molecule has 12 nitrogen and oxygen atoms in total. The zero-order valence-corrected chi connectivity index (χ0v) is 16.0. The number of hydrogen-bond acceptors (Lipinski definition) is 9. The lowest BCUT2D eigenvalue weighted by molar-refractivity contribution is 0.0295.